The lowest BCUT2D eigenvalue weighted by Gasteiger charge is -2.04. The number of unbranched alkanes of at least 4 members (excludes halogenated alkanes) is 6. The fraction of sp³-hybridized carbons (Fsp3) is 0.917. The van der Waals surface area contributed by atoms with Gasteiger partial charge in [0, 0.05) is 13.0 Å². The Balaban J connectivity index is 3.32. The third-order valence-corrected chi connectivity index (χ3v) is 3.41. The molecule has 0 saturated heterocycles. The average Bonchev–Trinajstić information content (AvgIpc) is 2.26. The summed E-state index contributed by atoms with van der Waals surface area (Å²) in [5, 5.41) is 2.47. The van der Waals surface area contributed by atoms with Crippen LogP contribution in [0.4, 0.5) is 0 Å². The molecule has 6 heteroatoms. The van der Waals surface area contributed by atoms with Gasteiger partial charge in [-0.15, -0.1) is 0 Å². The summed E-state index contributed by atoms with van der Waals surface area (Å²) in [7, 11) is -3.97. The molecule has 5 nitrogen and oxygen atoms in total. The van der Waals surface area contributed by atoms with Crippen molar-refractivity contribution < 1.29 is 17.8 Å². The highest BCUT2D eigenvalue weighted by atomic mass is 32.2. The molecule has 0 aromatic heterocycles. The number of carbonyl (C=O) groups is 1. The maximum absolute atomic E-state index is 11.3. The molecule has 0 aliphatic carbocycles. The first kappa shape index (κ1) is 17.4. The van der Waals surface area contributed by atoms with Crippen molar-refractivity contribution in [2.45, 2.75) is 58.3 Å². The van der Waals surface area contributed by atoms with Gasteiger partial charge < -0.3 is 5.32 Å². The van der Waals surface area contributed by atoms with E-state index in [1.807, 2.05) is 0 Å². The summed E-state index contributed by atoms with van der Waals surface area (Å²) in [5.74, 6) is -0.567. The van der Waals surface area contributed by atoms with Crippen LogP contribution in [0, 0.1) is 0 Å². The van der Waals surface area contributed by atoms with Gasteiger partial charge in [0.1, 0.15) is 0 Å². The van der Waals surface area contributed by atoms with E-state index >= 15 is 0 Å². The molecule has 0 aliphatic rings. The molecule has 0 spiro atoms. The molecule has 0 rings (SSSR count). The van der Waals surface area contributed by atoms with Gasteiger partial charge in [0.25, 0.3) is 10.1 Å². The van der Waals surface area contributed by atoms with E-state index in [9.17, 15) is 13.2 Å². The predicted octanol–water partition coefficient (Wildman–Crippen LogP) is 2.13. The van der Waals surface area contributed by atoms with Gasteiger partial charge in [0.15, 0.2) is 0 Å². The van der Waals surface area contributed by atoms with Crippen molar-refractivity contribution in [2.24, 2.45) is 0 Å². The van der Waals surface area contributed by atoms with E-state index in [-0.39, 0.29) is 12.5 Å². The number of nitrogens with one attached hydrogen (secondary N) is 1. The molecule has 0 fully saturated rings. The summed E-state index contributed by atoms with van der Waals surface area (Å²) >= 11 is 0. The third kappa shape index (κ3) is 13.4. The second-order valence-electron chi connectivity index (χ2n) is 4.51. The van der Waals surface area contributed by atoms with Crippen LogP contribution in [-0.4, -0.2) is 31.2 Å². The highest BCUT2D eigenvalue weighted by Crippen LogP contribution is 2.08. The highest BCUT2D eigenvalue weighted by molar-refractivity contribution is 7.85. The summed E-state index contributed by atoms with van der Waals surface area (Å²) in [6.45, 7) is 2.16. The fourth-order valence-electron chi connectivity index (χ4n) is 1.65. The quantitative estimate of drug-likeness (QED) is 0.448. The molecule has 0 bridgehead atoms. The smallest absolute Gasteiger partial charge is 0.266 e. The van der Waals surface area contributed by atoms with Crippen molar-refractivity contribution in [3.63, 3.8) is 0 Å². The molecule has 18 heavy (non-hydrogen) atoms. The summed E-state index contributed by atoms with van der Waals surface area (Å²) in [5.41, 5.74) is 0. The van der Waals surface area contributed by atoms with Gasteiger partial charge in [0.05, 0.1) is 5.75 Å². The maximum Gasteiger partial charge on any atom is 0.266 e. The Labute approximate surface area is 110 Å². The van der Waals surface area contributed by atoms with Crippen molar-refractivity contribution in [2.75, 3.05) is 12.3 Å². The number of hydrogen-bond donors (Lipinski definition) is 2. The predicted molar refractivity (Wildman–Crippen MR) is 72.0 cm³/mol. The van der Waals surface area contributed by atoms with Gasteiger partial charge in [-0.25, -0.2) is 0 Å². The first-order chi connectivity index (χ1) is 8.45. The normalized spacial score (nSPS) is 11.4. The molecule has 0 saturated carbocycles. The zero-order chi connectivity index (χ0) is 13.9. The van der Waals surface area contributed by atoms with Crippen LogP contribution in [0.5, 0.6) is 0 Å². The van der Waals surface area contributed by atoms with Crippen LogP contribution in [0.3, 0.4) is 0 Å². The number of carbonyl (C=O) groups excluding carboxylic acids is 1. The van der Waals surface area contributed by atoms with Crippen LogP contribution in [0.2, 0.25) is 0 Å². The van der Waals surface area contributed by atoms with Gasteiger partial charge in [-0.05, 0) is 6.42 Å². The van der Waals surface area contributed by atoms with Crippen LogP contribution in [0.15, 0.2) is 0 Å². The molecule has 0 aromatic rings. The standard InChI is InChI=1S/C12H25NO4S/c1-2-3-4-5-6-7-8-9-12(14)13-10-11-18(15,16)17/h2-11H2,1H3,(H,13,14)(H,15,16,17). The van der Waals surface area contributed by atoms with E-state index in [1.54, 1.807) is 0 Å². The Hall–Kier alpha value is -0.620. The van der Waals surface area contributed by atoms with E-state index in [0.29, 0.717) is 6.42 Å². The second-order valence-corrected chi connectivity index (χ2v) is 6.08. The Morgan fingerprint density at radius 2 is 1.61 bits per heavy atom. The highest BCUT2D eigenvalue weighted by Gasteiger charge is 2.05. The Bertz CT molecular complexity index is 314. The minimum absolute atomic E-state index is 0.0197. The molecular weight excluding hydrogens is 254 g/mol. The largest absolute Gasteiger partial charge is 0.355 e. The van der Waals surface area contributed by atoms with E-state index < -0.39 is 15.9 Å². The molecule has 0 heterocycles. The topological polar surface area (TPSA) is 83.5 Å². The summed E-state index contributed by atoms with van der Waals surface area (Å²) in [6.07, 6.45) is 8.44. The maximum atomic E-state index is 11.3. The van der Waals surface area contributed by atoms with Crippen LogP contribution < -0.4 is 5.32 Å². The van der Waals surface area contributed by atoms with E-state index in [0.717, 1.165) is 19.3 Å². The molecule has 2 N–H and O–H groups in total. The summed E-state index contributed by atoms with van der Waals surface area (Å²) < 4.78 is 29.3. The molecule has 1 amide bonds. The lowest BCUT2D eigenvalue weighted by Crippen LogP contribution is -2.28. The molecule has 0 atom stereocenters. The van der Waals surface area contributed by atoms with Crippen molar-refractivity contribution >= 4 is 16.0 Å². The third-order valence-electron chi connectivity index (χ3n) is 2.69. The van der Waals surface area contributed by atoms with Crippen LogP contribution >= 0.6 is 0 Å². The zero-order valence-electron chi connectivity index (χ0n) is 11.2. The second kappa shape index (κ2) is 10.3. The molecule has 0 radical (unpaired) electrons. The number of hydrogen-bond acceptors (Lipinski definition) is 3. The minimum Gasteiger partial charge on any atom is -0.355 e. The number of rotatable bonds is 11. The summed E-state index contributed by atoms with van der Waals surface area (Å²) in [6, 6.07) is 0. The van der Waals surface area contributed by atoms with Crippen molar-refractivity contribution in [1.29, 1.82) is 0 Å². The van der Waals surface area contributed by atoms with E-state index in [2.05, 4.69) is 12.2 Å². The Morgan fingerprint density at radius 1 is 1.06 bits per heavy atom. The SMILES string of the molecule is CCCCCCCCCC(=O)NCCS(=O)(=O)O. The van der Waals surface area contributed by atoms with Gasteiger partial charge in [-0.3, -0.25) is 9.35 Å². The molecule has 0 aliphatic heterocycles. The van der Waals surface area contributed by atoms with Crippen LogP contribution in [0.25, 0.3) is 0 Å². The molecule has 0 unspecified atom stereocenters. The van der Waals surface area contributed by atoms with Crippen molar-refractivity contribution in [3.8, 4) is 0 Å². The molecular formula is C12H25NO4S. The average molecular weight is 279 g/mol. The van der Waals surface area contributed by atoms with Crippen LogP contribution in [0.1, 0.15) is 58.3 Å². The summed E-state index contributed by atoms with van der Waals surface area (Å²) in [4.78, 5) is 11.3. The molecule has 0 aromatic carbocycles. The van der Waals surface area contributed by atoms with Crippen LogP contribution in [-0.2, 0) is 14.9 Å². The van der Waals surface area contributed by atoms with E-state index in [1.165, 1.54) is 25.7 Å². The zero-order valence-corrected chi connectivity index (χ0v) is 12.0. The minimum atomic E-state index is -3.97. The Morgan fingerprint density at radius 3 is 2.17 bits per heavy atom. The number of amides is 1. The first-order valence-electron chi connectivity index (χ1n) is 6.67. The van der Waals surface area contributed by atoms with Gasteiger partial charge in [-0.1, -0.05) is 45.4 Å². The van der Waals surface area contributed by atoms with Gasteiger partial charge >= 0.3 is 0 Å². The molecule has 108 valence electrons. The lowest BCUT2D eigenvalue weighted by atomic mass is 10.1. The van der Waals surface area contributed by atoms with Gasteiger partial charge in [-0.2, -0.15) is 8.42 Å². The Kier molecular flexibility index (Phi) is 9.96. The van der Waals surface area contributed by atoms with E-state index in [4.69, 9.17) is 4.55 Å². The lowest BCUT2D eigenvalue weighted by molar-refractivity contribution is -0.121. The first-order valence-corrected chi connectivity index (χ1v) is 8.28. The monoisotopic (exact) mass is 279 g/mol. The van der Waals surface area contributed by atoms with Crippen molar-refractivity contribution in [3.05, 3.63) is 0 Å². The van der Waals surface area contributed by atoms with Crippen molar-refractivity contribution in [1.82, 2.24) is 5.32 Å². The van der Waals surface area contributed by atoms with Gasteiger partial charge in [0.2, 0.25) is 5.91 Å². The fourth-order valence-corrected chi connectivity index (χ4v) is 2.01.